The molecule has 1 N–H and O–H groups in total. The van der Waals surface area contributed by atoms with Gasteiger partial charge < -0.3 is 10.2 Å². The highest BCUT2D eigenvalue weighted by molar-refractivity contribution is 8.00. The van der Waals surface area contributed by atoms with Gasteiger partial charge in [-0.15, -0.1) is 0 Å². The number of anilines is 1. The lowest BCUT2D eigenvalue weighted by Gasteiger charge is -2.37. The molecule has 1 aromatic heterocycles. The van der Waals surface area contributed by atoms with Gasteiger partial charge in [0.25, 0.3) is 5.91 Å². The van der Waals surface area contributed by atoms with Crippen LogP contribution in [-0.4, -0.2) is 45.4 Å². The van der Waals surface area contributed by atoms with E-state index in [9.17, 15) is 4.79 Å². The zero-order chi connectivity index (χ0) is 14.8. The van der Waals surface area contributed by atoms with Crippen LogP contribution in [0.25, 0.3) is 0 Å². The van der Waals surface area contributed by atoms with Gasteiger partial charge in [-0.3, -0.25) is 4.79 Å². The van der Waals surface area contributed by atoms with Crippen molar-refractivity contribution in [2.45, 2.75) is 38.5 Å². The van der Waals surface area contributed by atoms with E-state index >= 15 is 0 Å². The average Bonchev–Trinajstić information content (AvgIpc) is 2.36. The van der Waals surface area contributed by atoms with Gasteiger partial charge in [0.15, 0.2) is 0 Å². The van der Waals surface area contributed by atoms with E-state index in [0.29, 0.717) is 11.7 Å². The Morgan fingerprint density at radius 1 is 1.45 bits per heavy atom. The predicted octanol–water partition coefficient (Wildman–Crippen LogP) is 2.87. The number of nitrogens with one attached hydrogen (secondary N) is 1. The van der Waals surface area contributed by atoms with Crippen LogP contribution in [0.3, 0.4) is 0 Å². The van der Waals surface area contributed by atoms with Crippen LogP contribution in [0.15, 0.2) is 18.2 Å². The van der Waals surface area contributed by atoms with Crippen LogP contribution in [0.5, 0.6) is 0 Å². The van der Waals surface area contributed by atoms with Gasteiger partial charge in [0.1, 0.15) is 11.5 Å². The Balaban J connectivity index is 2.12. The second-order valence-corrected chi connectivity index (χ2v) is 7.84. The van der Waals surface area contributed by atoms with Crippen molar-refractivity contribution in [3.05, 3.63) is 23.9 Å². The zero-order valence-electron chi connectivity index (χ0n) is 12.6. The number of carbonyl (C=O) groups excluding carboxylic acids is 1. The Hall–Kier alpha value is -1.23. The van der Waals surface area contributed by atoms with E-state index in [1.165, 1.54) is 0 Å². The summed E-state index contributed by atoms with van der Waals surface area (Å²) in [5.74, 6) is 1.78. The van der Waals surface area contributed by atoms with Crippen molar-refractivity contribution in [2.75, 3.05) is 24.2 Å². The first-order valence-electron chi connectivity index (χ1n) is 7.04. The molecule has 110 valence electrons. The molecule has 5 heteroatoms. The highest BCUT2D eigenvalue weighted by Crippen LogP contribution is 2.30. The van der Waals surface area contributed by atoms with Gasteiger partial charge in [0.05, 0.1) is 0 Å². The summed E-state index contributed by atoms with van der Waals surface area (Å²) in [4.78, 5) is 18.9. The number of pyridine rings is 1. The Bertz CT molecular complexity index is 488. The molecule has 1 amide bonds. The van der Waals surface area contributed by atoms with E-state index in [0.717, 1.165) is 24.7 Å². The highest BCUT2D eigenvalue weighted by atomic mass is 32.2. The summed E-state index contributed by atoms with van der Waals surface area (Å²) in [5, 5.41) is 3.23. The zero-order valence-corrected chi connectivity index (χ0v) is 13.5. The smallest absolute Gasteiger partial charge is 0.272 e. The van der Waals surface area contributed by atoms with Crippen molar-refractivity contribution < 1.29 is 4.79 Å². The third kappa shape index (κ3) is 3.88. The molecule has 0 saturated carbocycles. The maximum atomic E-state index is 12.6. The quantitative estimate of drug-likeness (QED) is 0.931. The van der Waals surface area contributed by atoms with Gasteiger partial charge in [-0.25, -0.2) is 4.98 Å². The van der Waals surface area contributed by atoms with Crippen LogP contribution >= 0.6 is 11.8 Å². The molecule has 0 spiro atoms. The second-order valence-electron chi connectivity index (χ2n) is 6.04. The molecule has 0 atom stereocenters. The number of aromatic nitrogens is 1. The molecule has 2 rings (SSSR count). The number of nitrogens with zero attached hydrogens (tertiary/aromatic N) is 2. The largest absolute Gasteiger partial charge is 0.368 e. The molecule has 1 aliphatic rings. The van der Waals surface area contributed by atoms with Crippen LogP contribution in [-0.2, 0) is 0 Å². The van der Waals surface area contributed by atoms with E-state index < -0.39 is 0 Å². The first kappa shape index (κ1) is 15.2. The average molecular weight is 293 g/mol. The molecular formula is C15H23N3OS. The summed E-state index contributed by atoms with van der Waals surface area (Å²) in [7, 11) is 0. The molecule has 1 aromatic rings. The minimum absolute atomic E-state index is 0.0331. The second kappa shape index (κ2) is 6.04. The number of carbonyl (C=O) groups is 1. The molecule has 1 saturated heterocycles. The summed E-state index contributed by atoms with van der Waals surface area (Å²) in [5.41, 5.74) is 0.526. The minimum Gasteiger partial charge on any atom is -0.368 e. The van der Waals surface area contributed by atoms with E-state index in [2.05, 4.69) is 38.0 Å². The number of thioether (sulfide) groups is 1. The third-order valence-electron chi connectivity index (χ3n) is 3.12. The first-order valence-corrected chi connectivity index (χ1v) is 8.03. The summed E-state index contributed by atoms with van der Waals surface area (Å²) >= 11 is 1.92. The van der Waals surface area contributed by atoms with Crippen molar-refractivity contribution in [3.8, 4) is 0 Å². The van der Waals surface area contributed by atoms with Gasteiger partial charge in [-0.1, -0.05) is 6.07 Å². The van der Waals surface area contributed by atoms with Crippen LogP contribution in [0.2, 0.25) is 0 Å². The molecule has 0 radical (unpaired) electrons. The number of hydrogen-bond donors (Lipinski definition) is 1. The van der Waals surface area contributed by atoms with Crippen molar-refractivity contribution >= 4 is 23.5 Å². The molecule has 2 heterocycles. The van der Waals surface area contributed by atoms with Gasteiger partial charge in [-0.05, 0) is 39.8 Å². The topological polar surface area (TPSA) is 45.2 Å². The van der Waals surface area contributed by atoms with Crippen molar-refractivity contribution in [3.63, 3.8) is 0 Å². The Morgan fingerprint density at radius 3 is 2.85 bits per heavy atom. The molecule has 0 aliphatic carbocycles. The maximum Gasteiger partial charge on any atom is 0.272 e. The van der Waals surface area contributed by atoms with Gasteiger partial charge in [-0.2, -0.15) is 11.8 Å². The molecule has 0 aromatic carbocycles. The summed E-state index contributed by atoms with van der Waals surface area (Å²) in [6.07, 6.45) is 0. The summed E-state index contributed by atoms with van der Waals surface area (Å²) < 4.78 is 0.127. The highest BCUT2D eigenvalue weighted by Gasteiger charge is 2.30. The standard InChI is InChI=1S/C15H23N3OS/c1-11(2)16-13-7-5-6-12(17-13)14(19)18-8-9-20-15(3,4)10-18/h5-7,11H,8-10H2,1-4H3,(H,16,17). The maximum absolute atomic E-state index is 12.6. The molecule has 0 unspecified atom stereocenters. The number of hydrogen-bond acceptors (Lipinski definition) is 4. The monoisotopic (exact) mass is 293 g/mol. The molecular weight excluding hydrogens is 270 g/mol. The van der Waals surface area contributed by atoms with E-state index in [4.69, 9.17) is 0 Å². The molecule has 20 heavy (non-hydrogen) atoms. The molecule has 4 nitrogen and oxygen atoms in total. The Kier molecular flexibility index (Phi) is 4.58. The van der Waals surface area contributed by atoms with Crippen LogP contribution < -0.4 is 5.32 Å². The van der Waals surface area contributed by atoms with Crippen LogP contribution in [0.1, 0.15) is 38.2 Å². The van der Waals surface area contributed by atoms with Gasteiger partial charge in [0, 0.05) is 29.6 Å². The Morgan fingerprint density at radius 2 is 2.20 bits per heavy atom. The lowest BCUT2D eigenvalue weighted by Crippen LogP contribution is -2.46. The SMILES string of the molecule is CC(C)Nc1cccc(C(=O)N2CCSC(C)(C)C2)n1. The van der Waals surface area contributed by atoms with Crippen LogP contribution in [0.4, 0.5) is 5.82 Å². The number of amides is 1. The third-order valence-corrected chi connectivity index (χ3v) is 4.41. The van der Waals surface area contributed by atoms with Crippen molar-refractivity contribution in [2.24, 2.45) is 0 Å². The van der Waals surface area contributed by atoms with Gasteiger partial charge in [0.2, 0.25) is 0 Å². The normalized spacial score (nSPS) is 18.1. The fourth-order valence-corrected chi connectivity index (χ4v) is 3.39. The van der Waals surface area contributed by atoms with E-state index in [1.807, 2.05) is 28.8 Å². The number of rotatable bonds is 3. The van der Waals surface area contributed by atoms with Crippen molar-refractivity contribution in [1.29, 1.82) is 0 Å². The molecule has 1 fully saturated rings. The van der Waals surface area contributed by atoms with E-state index in [-0.39, 0.29) is 10.7 Å². The lowest BCUT2D eigenvalue weighted by atomic mass is 10.1. The van der Waals surface area contributed by atoms with E-state index in [1.54, 1.807) is 6.07 Å². The van der Waals surface area contributed by atoms with Crippen LogP contribution in [0, 0.1) is 0 Å². The first-order chi connectivity index (χ1) is 9.37. The lowest BCUT2D eigenvalue weighted by molar-refractivity contribution is 0.0742. The summed E-state index contributed by atoms with van der Waals surface area (Å²) in [6.45, 7) is 10.1. The molecule has 1 aliphatic heterocycles. The fraction of sp³-hybridized carbons (Fsp3) is 0.600. The fourth-order valence-electron chi connectivity index (χ4n) is 2.28. The molecule has 0 bridgehead atoms. The van der Waals surface area contributed by atoms with Crippen molar-refractivity contribution in [1.82, 2.24) is 9.88 Å². The van der Waals surface area contributed by atoms with Gasteiger partial charge >= 0.3 is 0 Å². The minimum atomic E-state index is 0.0331. The predicted molar refractivity (Wildman–Crippen MR) is 85.4 cm³/mol. The Labute approximate surface area is 125 Å². The summed E-state index contributed by atoms with van der Waals surface area (Å²) in [6, 6.07) is 5.88.